The summed E-state index contributed by atoms with van der Waals surface area (Å²) in [5.41, 5.74) is 5.76. The lowest BCUT2D eigenvalue weighted by molar-refractivity contribution is 0.109. The van der Waals surface area contributed by atoms with Gasteiger partial charge in [0.15, 0.2) is 0 Å². The average molecular weight is 290 g/mol. The molecule has 0 amide bonds. The molecule has 21 heavy (non-hydrogen) atoms. The number of nitrogens with zero attached hydrogens (tertiary/aromatic N) is 7. The first kappa shape index (κ1) is 13.7. The lowest BCUT2D eigenvalue weighted by atomic mass is 9.92. The minimum Gasteiger partial charge on any atom is -0.393 e. The van der Waals surface area contributed by atoms with Crippen molar-refractivity contribution in [1.82, 2.24) is 29.7 Å². The Kier molecular flexibility index (Phi) is 3.65. The third-order valence-corrected chi connectivity index (χ3v) is 3.76. The smallest absolute Gasteiger partial charge is 0.258 e. The van der Waals surface area contributed by atoms with E-state index in [0.29, 0.717) is 17.8 Å². The molecule has 112 valence electrons. The van der Waals surface area contributed by atoms with Gasteiger partial charge in [-0.1, -0.05) is 0 Å². The molecule has 2 aromatic heterocycles. The van der Waals surface area contributed by atoms with Gasteiger partial charge in [-0.3, -0.25) is 0 Å². The van der Waals surface area contributed by atoms with Crippen LogP contribution >= 0.6 is 0 Å². The maximum atomic E-state index is 9.65. The SMILES string of the molecule is CC(O)C1CCN(c2nc(N)nc(-n3cncn3)n2)CC1. The lowest BCUT2D eigenvalue weighted by Crippen LogP contribution is -2.38. The monoisotopic (exact) mass is 290 g/mol. The second kappa shape index (κ2) is 5.60. The van der Waals surface area contributed by atoms with Crippen molar-refractivity contribution in [1.29, 1.82) is 0 Å². The maximum Gasteiger partial charge on any atom is 0.258 e. The van der Waals surface area contributed by atoms with Crippen molar-refractivity contribution >= 4 is 11.9 Å². The predicted octanol–water partition coefficient (Wildman–Crippen LogP) is -0.368. The molecule has 1 unspecified atom stereocenters. The third kappa shape index (κ3) is 2.92. The summed E-state index contributed by atoms with van der Waals surface area (Å²) >= 11 is 0. The largest absolute Gasteiger partial charge is 0.393 e. The van der Waals surface area contributed by atoms with E-state index >= 15 is 0 Å². The molecule has 1 aliphatic heterocycles. The van der Waals surface area contributed by atoms with Crippen molar-refractivity contribution in [2.75, 3.05) is 23.7 Å². The molecule has 3 N–H and O–H groups in total. The van der Waals surface area contributed by atoms with Crippen molar-refractivity contribution in [2.45, 2.75) is 25.9 Å². The number of aliphatic hydroxyl groups is 1. The summed E-state index contributed by atoms with van der Waals surface area (Å²) in [4.78, 5) is 18.6. The molecule has 0 spiro atoms. The van der Waals surface area contributed by atoms with Gasteiger partial charge in [-0.25, -0.2) is 4.98 Å². The number of nitrogens with two attached hydrogens (primary N) is 1. The minimum atomic E-state index is -0.277. The van der Waals surface area contributed by atoms with Crippen molar-refractivity contribution in [3.63, 3.8) is 0 Å². The van der Waals surface area contributed by atoms with Crippen LogP contribution in [0.15, 0.2) is 12.7 Å². The van der Waals surface area contributed by atoms with Crippen LogP contribution in [0.3, 0.4) is 0 Å². The minimum absolute atomic E-state index is 0.156. The van der Waals surface area contributed by atoms with Crippen LogP contribution in [0.5, 0.6) is 0 Å². The van der Waals surface area contributed by atoms with Crippen molar-refractivity contribution in [3.8, 4) is 5.95 Å². The molecule has 0 aromatic carbocycles. The summed E-state index contributed by atoms with van der Waals surface area (Å²) in [6, 6.07) is 0. The zero-order valence-corrected chi connectivity index (χ0v) is 11.8. The van der Waals surface area contributed by atoms with Crippen LogP contribution in [0, 0.1) is 5.92 Å². The lowest BCUT2D eigenvalue weighted by Gasteiger charge is -2.33. The Morgan fingerprint density at radius 2 is 1.95 bits per heavy atom. The van der Waals surface area contributed by atoms with Gasteiger partial charge >= 0.3 is 0 Å². The van der Waals surface area contributed by atoms with Crippen LogP contribution < -0.4 is 10.6 Å². The van der Waals surface area contributed by atoms with Crippen LogP contribution in [0.1, 0.15) is 19.8 Å². The molecule has 1 fully saturated rings. The normalized spacial score (nSPS) is 17.9. The Morgan fingerprint density at radius 3 is 2.57 bits per heavy atom. The van der Waals surface area contributed by atoms with E-state index in [2.05, 4.69) is 29.9 Å². The second-order valence-electron chi connectivity index (χ2n) is 5.20. The zero-order valence-electron chi connectivity index (χ0n) is 11.8. The molecule has 9 nitrogen and oxygen atoms in total. The van der Waals surface area contributed by atoms with Gasteiger partial charge in [0.2, 0.25) is 11.9 Å². The summed E-state index contributed by atoms with van der Waals surface area (Å²) in [6.45, 7) is 3.41. The highest BCUT2D eigenvalue weighted by molar-refractivity contribution is 5.38. The standard InChI is InChI=1S/C12H18N8O/c1-8(21)9-2-4-19(5-3-9)11-16-10(13)17-12(18-11)20-7-14-6-15-20/h6-9,21H,2-5H2,1H3,(H2,13,16,17,18). The van der Waals surface area contributed by atoms with Crippen LogP contribution in [-0.2, 0) is 0 Å². The number of piperidine rings is 1. The molecule has 1 saturated heterocycles. The number of rotatable bonds is 3. The van der Waals surface area contributed by atoms with Crippen molar-refractivity contribution in [2.24, 2.45) is 5.92 Å². The van der Waals surface area contributed by atoms with Crippen LogP contribution in [0.4, 0.5) is 11.9 Å². The molecule has 3 heterocycles. The summed E-state index contributed by atoms with van der Waals surface area (Å²) in [7, 11) is 0. The van der Waals surface area contributed by atoms with Gasteiger partial charge < -0.3 is 15.7 Å². The fourth-order valence-corrected chi connectivity index (χ4v) is 2.51. The number of hydrogen-bond donors (Lipinski definition) is 2. The third-order valence-electron chi connectivity index (χ3n) is 3.76. The Hall–Kier alpha value is -2.29. The van der Waals surface area contributed by atoms with Crippen LogP contribution in [0.2, 0.25) is 0 Å². The molecule has 1 aliphatic rings. The molecule has 0 saturated carbocycles. The number of hydrogen-bond acceptors (Lipinski definition) is 8. The van der Waals surface area contributed by atoms with E-state index in [1.165, 1.54) is 17.3 Å². The van der Waals surface area contributed by atoms with Crippen molar-refractivity contribution in [3.05, 3.63) is 12.7 Å². The van der Waals surface area contributed by atoms with Gasteiger partial charge in [0.1, 0.15) is 12.7 Å². The van der Waals surface area contributed by atoms with Gasteiger partial charge in [-0.2, -0.15) is 24.7 Å². The summed E-state index contributed by atoms with van der Waals surface area (Å²) in [6.07, 6.45) is 4.46. The highest BCUT2D eigenvalue weighted by Gasteiger charge is 2.24. The number of aromatic nitrogens is 6. The Labute approximate surface area is 121 Å². The number of anilines is 2. The summed E-state index contributed by atoms with van der Waals surface area (Å²) in [5.74, 6) is 1.38. The fraction of sp³-hybridized carbons (Fsp3) is 0.583. The molecular formula is C12H18N8O. The predicted molar refractivity (Wildman–Crippen MR) is 75.8 cm³/mol. The highest BCUT2D eigenvalue weighted by atomic mass is 16.3. The van der Waals surface area contributed by atoms with E-state index in [9.17, 15) is 5.11 Å². The van der Waals surface area contributed by atoms with E-state index in [0.717, 1.165) is 25.9 Å². The summed E-state index contributed by atoms with van der Waals surface area (Å²) in [5, 5.41) is 13.6. The van der Waals surface area contributed by atoms with Crippen LogP contribution in [-0.4, -0.2) is 54.0 Å². The van der Waals surface area contributed by atoms with Gasteiger partial charge in [-0.15, -0.1) is 0 Å². The Morgan fingerprint density at radius 1 is 1.24 bits per heavy atom. The first-order valence-corrected chi connectivity index (χ1v) is 6.93. The van der Waals surface area contributed by atoms with Gasteiger partial charge in [0, 0.05) is 13.1 Å². The fourth-order valence-electron chi connectivity index (χ4n) is 2.51. The molecular weight excluding hydrogens is 272 g/mol. The molecule has 0 aliphatic carbocycles. The van der Waals surface area contributed by atoms with E-state index in [-0.39, 0.29) is 12.1 Å². The maximum absolute atomic E-state index is 9.65. The van der Waals surface area contributed by atoms with E-state index in [1.807, 2.05) is 6.92 Å². The number of nitrogen functional groups attached to an aromatic ring is 1. The quantitative estimate of drug-likeness (QED) is 0.786. The molecule has 9 heteroatoms. The van der Waals surface area contributed by atoms with Gasteiger partial charge in [0.05, 0.1) is 6.10 Å². The highest BCUT2D eigenvalue weighted by Crippen LogP contribution is 2.23. The first-order valence-electron chi connectivity index (χ1n) is 6.93. The Bertz CT molecular complexity index is 591. The average Bonchev–Trinajstić information content (AvgIpc) is 3.01. The molecule has 0 bridgehead atoms. The molecule has 3 rings (SSSR count). The van der Waals surface area contributed by atoms with E-state index in [4.69, 9.17) is 5.73 Å². The zero-order chi connectivity index (χ0) is 14.8. The molecule has 1 atom stereocenters. The van der Waals surface area contributed by atoms with Gasteiger partial charge in [-0.05, 0) is 25.7 Å². The Balaban J connectivity index is 1.80. The van der Waals surface area contributed by atoms with Crippen LogP contribution in [0.25, 0.3) is 5.95 Å². The summed E-state index contributed by atoms with van der Waals surface area (Å²) < 4.78 is 1.45. The molecule has 0 radical (unpaired) electrons. The second-order valence-corrected chi connectivity index (χ2v) is 5.20. The number of aliphatic hydroxyl groups excluding tert-OH is 1. The van der Waals surface area contributed by atoms with Gasteiger partial charge in [0.25, 0.3) is 5.95 Å². The van der Waals surface area contributed by atoms with E-state index in [1.54, 1.807) is 0 Å². The van der Waals surface area contributed by atoms with E-state index < -0.39 is 0 Å². The topological polar surface area (TPSA) is 119 Å². The van der Waals surface area contributed by atoms with Crippen molar-refractivity contribution < 1.29 is 5.11 Å². The first-order chi connectivity index (χ1) is 10.1. The molecule has 2 aromatic rings.